The second kappa shape index (κ2) is 14.7. The van der Waals surface area contributed by atoms with Gasteiger partial charge >= 0.3 is 18.2 Å². The number of amides is 3. The molecule has 0 fully saturated rings. The lowest BCUT2D eigenvalue weighted by molar-refractivity contribution is -0.147. The molecule has 1 aliphatic rings. The lowest BCUT2D eigenvalue weighted by Crippen LogP contribution is -2.52. The molecule has 1 unspecified atom stereocenters. The maximum atomic E-state index is 13.1. The number of carbonyl (C=O) groups is 4. The molecule has 4 atom stereocenters. The third-order valence-electron chi connectivity index (χ3n) is 7.33. The predicted molar refractivity (Wildman–Crippen MR) is 163 cm³/mol. The van der Waals surface area contributed by atoms with Gasteiger partial charge in [0.15, 0.2) is 11.5 Å². The first-order chi connectivity index (χ1) is 21.0. The molecule has 0 saturated carbocycles. The van der Waals surface area contributed by atoms with Crippen molar-refractivity contribution in [2.24, 2.45) is 11.8 Å². The Bertz CT molecular complexity index is 1430. The van der Waals surface area contributed by atoms with Crippen molar-refractivity contribution in [3.8, 4) is 11.5 Å². The second-order valence-corrected chi connectivity index (χ2v) is 11.5. The molecule has 0 aromatic heterocycles. The maximum Gasteiger partial charge on any atom is 0.326 e. The molecule has 1 heterocycles. The van der Waals surface area contributed by atoms with Crippen LogP contribution < -0.4 is 25.4 Å². The van der Waals surface area contributed by atoms with Crippen LogP contribution in [0.1, 0.15) is 39.2 Å². The standard InChI is InChI=1S/C33H39N3O8/c1-19(2)18-34-30(39)20(3)13-26(37)24(14-21-9-5-4-6-10-21)35-29(38)17-25(32(41)42)36-31(40)33-43-27-15-22-11-7-8-12-23(22)16-28(27)44-33/h4-12,15-16,19-20,24-26,33,37H,13-14,17-18H2,1-3H3,(H,34,39)(H,35,38)(H,36,40)(H,41,42)/t20?,24-,25-,26-/m0/s1. The Morgan fingerprint density at radius 2 is 1.45 bits per heavy atom. The molecule has 0 bridgehead atoms. The Hall–Kier alpha value is -4.64. The number of hydrogen-bond donors (Lipinski definition) is 5. The van der Waals surface area contributed by atoms with E-state index >= 15 is 0 Å². The number of aliphatic hydroxyl groups excluding tert-OH is 1. The SMILES string of the molecule is CC(C)CNC(=O)C(C)C[C@H](O)[C@H](Cc1ccccc1)NC(=O)C[C@H](NC(=O)C1Oc2cc3ccccc3cc2O1)C(=O)O. The van der Waals surface area contributed by atoms with Crippen LogP contribution in [0.4, 0.5) is 0 Å². The third-order valence-corrected chi connectivity index (χ3v) is 7.33. The van der Waals surface area contributed by atoms with E-state index < -0.39 is 54.6 Å². The number of ether oxygens (including phenoxy) is 2. The molecule has 5 N–H and O–H groups in total. The van der Waals surface area contributed by atoms with Gasteiger partial charge in [0.05, 0.1) is 18.6 Å². The minimum absolute atomic E-state index is 0.0761. The van der Waals surface area contributed by atoms with E-state index in [1.807, 2.05) is 68.4 Å². The number of fused-ring (bicyclic) bond motifs is 2. The molecule has 11 nitrogen and oxygen atoms in total. The third kappa shape index (κ3) is 8.70. The summed E-state index contributed by atoms with van der Waals surface area (Å²) >= 11 is 0. The van der Waals surface area contributed by atoms with Gasteiger partial charge < -0.3 is 35.6 Å². The van der Waals surface area contributed by atoms with Crippen LogP contribution in [0.15, 0.2) is 66.7 Å². The van der Waals surface area contributed by atoms with E-state index in [1.165, 1.54) is 0 Å². The van der Waals surface area contributed by atoms with Crippen LogP contribution in [0.5, 0.6) is 11.5 Å². The Morgan fingerprint density at radius 1 is 0.864 bits per heavy atom. The van der Waals surface area contributed by atoms with E-state index in [-0.39, 0.29) is 24.7 Å². The van der Waals surface area contributed by atoms with Crippen LogP contribution in [0, 0.1) is 11.8 Å². The van der Waals surface area contributed by atoms with Gasteiger partial charge in [-0.25, -0.2) is 4.79 Å². The van der Waals surface area contributed by atoms with Gasteiger partial charge in [0.25, 0.3) is 0 Å². The zero-order valence-electron chi connectivity index (χ0n) is 25.0. The smallest absolute Gasteiger partial charge is 0.326 e. The molecule has 0 saturated heterocycles. The minimum atomic E-state index is -1.59. The summed E-state index contributed by atoms with van der Waals surface area (Å²) in [4.78, 5) is 50.6. The largest absolute Gasteiger partial charge is 0.480 e. The number of carboxylic acid groups (broad SMARTS) is 1. The topological polar surface area (TPSA) is 163 Å². The molecule has 234 valence electrons. The molecule has 1 aliphatic heterocycles. The van der Waals surface area contributed by atoms with E-state index in [1.54, 1.807) is 19.1 Å². The van der Waals surface area contributed by atoms with E-state index in [0.29, 0.717) is 18.0 Å². The normalized spacial score (nSPS) is 15.3. The van der Waals surface area contributed by atoms with Crippen molar-refractivity contribution in [3.05, 3.63) is 72.3 Å². The van der Waals surface area contributed by atoms with Crippen LogP contribution in [-0.4, -0.2) is 64.9 Å². The Balaban J connectivity index is 1.38. The van der Waals surface area contributed by atoms with Crippen molar-refractivity contribution in [1.29, 1.82) is 0 Å². The highest BCUT2D eigenvalue weighted by molar-refractivity contribution is 5.91. The monoisotopic (exact) mass is 605 g/mol. The molecule has 3 aromatic rings. The van der Waals surface area contributed by atoms with Crippen LogP contribution in [-0.2, 0) is 25.6 Å². The van der Waals surface area contributed by atoms with E-state index in [2.05, 4.69) is 16.0 Å². The van der Waals surface area contributed by atoms with Gasteiger partial charge in [-0.3, -0.25) is 14.4 Å². The van der Waals surface area contributed by atoms with Crippen molar-refractivity contribution in [2.45, 2.75) is 64.5 Å². The average molecular weight is 606 g/mol. The van der Waals surface area contributed by atoms with Crippen molar-refractivity contribution >= 4 is 34.5 Å². The van der Waals surface area contributed by atoms with Crippen LogP contribution in [0.2, 0.25) is 0 Å². The highest BCUT2D eigenvalue weighted by Crippen LogP contribution is 2.38. The summed E-state index contributed by atoms with van der Waals surface area (Å²) in [5.41, 5.74) is 0.833. The van der Waals surface area contributed by atoms with Crippen molar-refractivity contribution < 1.29 is 38.9 Å². The summed E-state index contributed by atoms with van der Waals surface area (Å²) in [6.45, 7) is 6.16. The van der Waals surface area contributed by atoms with Crippen molar-refractivity contribution in [2.75, 3.05) is 6.54 Å². The number of aliphatic carboxylic acids is 1. The summed E-state index contributed by atoms with van der Waals surface area (Å²) in [7, 11) is 0. The fraction of sp³-hybridized carbons (Fsp3) is 0.394. The average Bonchev–Trinajstić information content (AvgIpc) is 3.41. The number of carboxylic acids is 1. The number of aliphatic hydroxyl groups is 1. The summed E-state index contributed by atoms with van der Waals surface area (Å²) in [5.74, 6) is -2.75. The summed E-state index contributed by atoms with van der Waals surface area (Å²) < 4.78 is 11.2. The molecular weight excluding hydrogens is 566 g/mol. The molecule has 4 rings (SSSR count). The minimum Gasteiger partial charge on any atom is -0.480 e. The molecule has 0 aliphatic carbocycles. The number of benzene rings is 3. The van der Waals surface area contributed by atoms with Crippen molar-refractivity contribution in [3.63, 3.8) is 0 Å². The molecule has 44 heavy (non-hydrogen) atoms. The molecule has 3 aromatic carbocycles. The highest BCUT2D eigenvalue weighted by Gasteiger charge is 2.35. The van der Waals surface area contributed by atoms with E-state index in [4.69, 9.17) is 9.47 Å². The number of carbonyl (C=O) groups excluding carboxylic acids is 3. The zero-order chi connectivity index (χ0) is 31.8. The van der Waals surface area contributed by atoms with Gasteiger partial charge in [-0.2, -0.15) is 0 Å². The quantitative estimate of drug-likeness (QED) is 0.187. The first-order valence-corrected chi connectivity index (χ1v) is 14.7. The molecule has 3 amide bonds. The fourth-order valence-electron chi connectivity index (χ4n) is 4.90. The molecule has 0 radical (unpaired) electrons. The van der Waals surface area contributed by atoms with Crippen LogP contribution in [0.3, 0.4) is 0 Å². The Morgan fingerprint density at radius 3 is 2.02 bits per heavy atom. The van der Waals surface area contributed by atoms with E-state index in [0.717, 1.165) is 16.3 Å². The molecule has 11 heteroatoms. The fourth-order valence-corrected chi connectivity index (χ4v) is 4.90. The van der Waals surface area contributed by atoms with Gasteiger partial charge in [0.1, 0.15) is 6.04 Å². The lowest BCUT2D eigenvalue weighted by Gasteiger charge is -2.27. The predicted octanol–water partition coefficient (Wildman–Crippen LogP) is 2.78. The van der Waals surface area contributed by atoms with Gasteiger partial charge in [0.2, 0.25) is 11.8 Å². The summed E-state index contributed by atoms with van der Waals surface area (Å²) in [6, 6.07) is 17.7. The summed E-state index contributed by atoms with van der Waals surface area (Å²) in [5, 5.41) is 30.5. The Labute approximate surface area is 255 Å². The van der Waals surface area contributed by atoms with Crippen LogP contribution in [0.25, 0.3) is 10.8 Å². The Kier molecular flexibility index (Phi) is 10.8. The van der Waals surface area contributed by atoms with Crippen molar-refractivity contribution in [1.82, 2.24) is 16.0 Å². The lowest BCUT2D eigenvalue weighted by atomic mass is 9.93. The number of hydrogen-bond acceptors (Lipinski definition) is 7. The first kappa shape index (κ1) is 32.3. The highest BCUT2D eigenvalue weighted by atomic mass is 16.7. The number of rotatable bonds is 14. The van der Waals surface area contributed by atoms with Crippen LogP contribution >= 0.6 is 0 Å². The van der Waals surface area contributed by atoms with E-state index in [9.17, 15) is 29.4 Å². The first-order valence-electron chi connectivity index (χ1n) is 14.7. The maximum absolute atomic E-state index is 13.1. The molecular formula is C33H39N3O8. The van der Waals surface area contributed by atoms with Gasteiger partial charge in [-0.15, -0.1) is 0 Å². The number of nitrogens with one attached hydrogen (secondary N) is 3. The van der Waals surface area contributed by atoms with Gasteiger partial charge in [-0.1, -0.05) is 75.4 Å². The van der Waals surface area contributed by atoms with Gasteiger partial charge in [0, 0.05) is 12.5 Å². The molecule has 0 spiro atoms. The zero-order valence-corrected chi connectivity index (χ0v) is 25.0. The van der Waals surface area contributed by atoms with Gasteiger partial charge in [-0.05, 0) is 47.2 Å². The second-order valence-electron chi connectivity index (χ2n) is 11.5. The summed E-state index contributed by atoms with van der Waals surface area (Å²) in [6.07, 6.45) is -2.82.